The van der Waals surface area contributed by atoms with Gasteiger partial charge in [-0.25, -0.2) is 4.98 Å². The number of nitriles is 1. The molecule has 5 nitrogen and oxygen atoms in total. The van der Waals surface area contributed by atoms with E-state index in [1.54, 1.807) is 23.2 Å². The molecule has 2 N–H and O–H groups in total. The molecule has 2 rings (SSSR count). The van der Waals surface area contributed by atoms with Crippen LogP contribution in [0, 0.1) is 11.5 Å². The minimum absolute atomic E-state index is 0.0754. The molecule has 2 heterocycles. The Hall–Kier alpha value is -1.96. The van der Waals surface area contributed by atoms with Gasteiger partial charge in [0.2, 0.25) is 0 Å². The molecule has 1 aliphatic rings. The highest BCUT2D eigenvalue weighted by atomic mass is 16.5. The highest BCUT2D eigenvalue weighted by molar-refractivity contribution is 5.35. The van der Waals surface area contributed by atoms with Crippen LogP contribution in [-0.4, -0.2) is 29.1 Å². The van der Waals surface area contributed by atoms with Gasteiger partial charge >= 0.3 is 0 Å². The van der Waals surface area contributed by atoms with E-state index in [0.29, 0.717) is 18.1 Å². The first-order chi connectivity index (χ1) is 7.28. The van der Waals surface area contributed by atoms with Crippen LogP contribution in [-0.2, 0) is 0 Å². The number of rotatable bonds is 2. The van der Waals surface area contributed by atoms with Crippen molar-refractivity contribution in [3.63, 3.8) is 0 Å². The first-order valence-corrected chi connectivity index (χ1v) is 4.81. The first-order valence-electron chi connectivity index (χ1n) is 4.81. The smallest absolute Gasteiger partial charge is 0.179 e. The molecule has 0 aromatic carbocycles. The Morgan fingerprint density at radius 3 is 3.20 bits per heavy atom. The first kappa shape index (κ1) is 9.59. The molecule has 0 bridgehead atoms. The fourth-order valence-electron chi connectivity index (χ4n) is 1.61. The maximum atomic E-state index is 8.68. The maximum Gasteiger partial charge on any atom is 0.179 e. The van der Waals surface area contributed by atoms with Gasteiger partial charge in [0.25, 0.3) is 0 Å². The molecule has 0 radical (unpaired) electrons. The van der Waals surface area contributed by atoms with Gasteiger partial charge in [-0.15, -0.1) is 0 Å². The van der Waals surface area contributed by atoms with Crippen molar-refractivity contribution in [2.45, 2.75) is 12.5 Å². The van der Waals surface area contributed by atoms with Crippen LogP contribution >= 0.6 is 0 Å². The Bertz CT molecular complexity index is 387. The molecule has 0 amide bonds. The van der Waals surface area contributed by atoms with Crippen molar-refractivity contribution in [3.8, 4) is 11.9 Å². The summed E-state index contributed by atoms with van der Waals surface area (Å²) in [5.41, 5.74) is 5.53. The number of pyridine rings is 1. The minimum atomic E-state index is 0.0754. The summed E-state index contributed by atoms with van der Waals surface area (Å²) in [6.45, 7) is 1.42. The van der Waals surface area contributed by atoms with E-state index in [4.69, 9.17) is 15.7 Å². The number of nitrogen functional groups attached to an aromatic ring is 1. The van der Waals surface area contributed by atoms with Crippen LogP contribution in [0.1, 0.15) is 6.42 Å². The molecule has 1 saturated heterocycles. The molecule has 1 atom stereocenters. The Morgan fingerprint density at radius 2 is 2.53 bits per heavy atom. The maximum absolute atomic E-state index is 8.68. The van der Waals surface area contributed by atoms with Gasteiger partial charge in [0, 0.05) is 25.2 Å². The third kappa shape index (κ3) is 2.29. The van der Waals surface area contributed by atoms with Crippen molar-refractivity contribution in [2.24, 2.45) is 0 Å². The number of aromatic nitrogens is 1. The number of likely N-dealkylation sites (tertiary alicyclic amines) is 1. The van der Waals surface area contributed by atoms with Crippen LogP contribution in [0.3, 0.4) is 0 Å². The third-order valence-electron chi connectivity index (χ3n) is 2.34. The van der Waals surface area contributed by atoms with E-state index in [9.17, 15) is 0 Å². The average Bonchev–Trinajstić information content (AvgIpc) is 2.65. The summed E-state index contributed by atoms with van der Waals surface area (Å²) in [6.07, 6.45) is 4.67. The number of nitrogens with two attached hydrogens (primary N) is 1. The predicted molar refractivity (Wildman–Crippen MR) is 54.9 cm³/mol. The number of anilines is 1. The molecular weight excluding hydrogens is 192 g/mol. The van der Waals surface area contributed by atoms with Gasteiger partial charge < -0.3 is 15.4 Å². The van der Waals surface area contributed by atoms with E-state index in [-0.39, 0.29) is 6.10 Å². The van der Waals surface area contributed by atoms with E-state index < -0.39 is 0 Å². The Labute approximate surface area is 88.1 Å². The number of nitrogens with zero attached hydrogens (tertiary/aromatic N) is 3. The molecule has 1 fully saturated rings. The topological polar surface area (TPSA) is 75.2 Å². The van der Waals surface area contributed by atoms with E-state index in [1.165, 1.54) is 0 Å². The quantitative estimate of drug-likeness (QED) is 0.714. The second-order valence-electron chi connectivity index (χ2n) is 3.49. The second kappa shape index (κ2) is 4.05. The van der Waals surface area contributed by atoms with Gasteiger partial charge in [-0.1, -0.05) is 0 Å². The molecule has 1 unspecified atom stereocenters. The van der Waals surface area contributed by atoms with Crippen molar-refractivity contribution >= 4 is 5.82 Å². The Morgan fingerprint density at radius 1 is 1.67 bits per heavy atom. The van der Waals surface area contributed by atoms with Gasteiger partial charge in [-0.3, -0.25) is 0 Å². The summed E-state index contributed by atoms with van der Waals surface area (Å²) >= 11 is 0. The van der Waals surface area contributed by atoms with Crippen LogP contribution in [0.25, 0.3) is 0 Å². The van der Waals surface area contributed by atoms with Crippen molar-refractivity contribution in [3.05, 3.63) is 18.3 Å². The summed E-state index contributed by atoms with van der Waals surface area (Å²) in [5.74, 6) is 1.16. The molecule has 0 saturated carbocycles. The lowest BCUT2D eigenvalue weighted by atomic mass is 10.3. The molecule has 0 spiro atoms. The van der Waals surface area contributed by atoms with Crippen molar-refractivity contribution < 1.29 is 4.74 Å². The average molecular weight is 204 g/mol. The van der Waals surface area contributed by atoms with E-state index in [1.807, 2.05) is 0 Å². The van der Waals surface area contributed by atoms with E-state index in [0.717, 1.165) is 13.0 Å². The summed E-state index contributed by atoms with van der Waals surface area (Å²) in [5, 5.41) is 8.68. The standard InChI is InChI=1S/C10H12N4O/c11-7-14-4-2-9(6-14)15-8-1-3-13-10(12)5-8/h1,3,5,9H,2,4,6H2,(H2,12,13). The van der Waals surface area contributed by atoms with Gasteiger partial charge in [0.05, 0.1) is 6.54 Å². The highest BCUT2D eigenvalue weighted by Gasteiger charge is 2.22. The van der Waals surface area contributed by atoms with Gasteiger partial charge in [0.15, 0.2) is 6.19 Å². The minimum Gasteiger partial charge on any atom is -0.488 e. The van der Waals surface area contributed by atoms with Gasteiger partial charge in [0.1, 0.15) is 17.7 Å². The van der Waals surface area contributed by atoms with Crippen molar-refractivity contribution in [2.75, 3.05) is 18.8 Å². The number of hydrogen-bond donors (Lipinski definition) is 1. The molecule has 1 aliphatic heterocycles. The van der Waals surface area contributed by atoms with Crippen LogP contribution in [0.2, 0.25) is 0 Å². The van der Waals surface area contributed by atoms with Gasteiger partial charge in [-0.05, 0) is 6.07 Å². The largest absolute Gasteiger partial charge is 0.488 e. The SMILES string of the molecule is N#CN1CCC(Oc2ccnc(N)c2)C1. The van der Waals surface area contributed by atoms with Gasteiger partial charge in [-0.2, -0.15) is 5.26 Å². The fraction of sp³-hybridized carbons (Fsp3) is 0.400. The normalized spacial score (nSPS) is 19.9. The molecule has 0 aliphatic carbocycles. The summed E-state index contributed by atoms with van der Waals surface area (Å²) in [6, 6.07) is 3.46. The fourth-order valence-corrected chi connectivity index (χ4v) is 1.61. The van der Waals surface area contributed by atoms with Crippen LogP contribution < -0.4 is 10.5 Å². The molecular formula is C10H12N4O. The van der Waals surface area contributed by atoms with E-state index in [2.05, 4.69) is 11.2 Å². The monoisotopic (exact) mass is 204 g/mol. The zero-order valence-corrected chi connectivity index (χ0v) is 8.26. The summed E-state index contributed by atoms with van der Waals surface area (Å²) in [7, 11) is 0. The summed E-state index contributed by atoms with van der Waals surface area (Å²) in [4.78, 5) is 5.57. The number of ether oxygens (including phenoxy) is 1. The van der Waals surface area contributed by atoms with Crippen LogP contribution in [0.15, 0.2) is 18.3 Å². The van der Waals surface area contributed by atoms with Crippen molar-refractivity contribution in [1.29, 1.82) is 5.26 Å². The zero-order chi connectivity index (χ0) is 10.7. The Kier molecular flexibility index (Phi) is 2.59. The van der Waals surface area contributed by atoms with Crippen molar-refractivity contribution in [1.82, 2.24) is 9.88 Å². The lowest BCUT2D eigenvalue weighted by Gasteiger charge is -2.12. The highest BCUT2D eigenvalue weighted by Crippen LogP contribution is 2.18. The number of hydrogen-bond acceptors (Lipinski definition) is 5. The van der Waals surface area contributed by atoms with Crippen LogP contribution in [0.4, 0.5) is 5.82 Å². The molecule has 1 aromatic heterocycles. The molecule has 1 aromatic rings. The lowest BCUT2D eigenvalue weighted by molar-refractivity contribution is 0.213. The lowest BCUT2D eigenvalue weighted by Crippen LogP contribution is -2.21. The molecule has 5 heteroatoms. The zero-order valence-electron chi connectivity index (χ0n) is 8.26. The predicted octanol–water partition coefficient (Wildman–Crippen LogP) is 0.598. The molecule has 78 valence electrons. The summed E-state index contributed by atoms with van der Waals surface area (Å²) < 4.78 is 5.68. The van der Waals surface area contributed by atoms with E-state index >= 15 is 0 Å². The third-order valence-corrected chi connectivity index (χ3v) is 2.34. The molecule has 15 heavy (non-hydrogen) atoms. The second-order valence-corrected chi connectivity index (χ2v) is 3.49. The Balaban J connectivity index is 1.96. The van der Waals surface area contributed by atoms with Crippen LogP contribution in [0.5, 0.6) is 5.75 Å².